The molecule has 4 fully saturated rings. The highest BCUT2D eigenvalue weighted by molar-refractivity contribution is 5.57. The van der Waals surface area contributed by atoms with Crippen LogP contribution in [0.25, 0.3) is 11.3 Å². The van der Waals surface area contributed by atoms with Gasteiger partial charge in [0.15, 0.2) is 5.76 Å². The third-order valence-corrected chi connectivity index (χ3v) is 6.66. The molecule has 2 saturated heterocycles. The number of nitrogens with one attached hydrogen (secondary N) is 1. The number of aryl methyl sites for hydroxylation is 1. The molecule has 4 heteroatoms. The van der Waals surface area contributed by atoms with Crippen LogP contribution in [-0.4, -0.2) is 23.4 Å². The van der Waals surface area contributed by atoms with Crippen molar-refractivity contribution in [3.8, 4) is 11.3 Å². The van der Waals surface area contributed by atoms with Crippen molar-refractivity contribution >= 4 is 0 Å². The van der Waals surface area contributed by atoms with Gasteiger partial charge in [-0.3, -0.25) is 0 Å². The summed E-state index contributed by atoms with van der Waals surface area (Å²) in [5.74, 6) is 2.43. The van der Waals surface area contributed by atoms with E-state index in [4.69, 9.17) is 9.26 Å². The van der Waals surface area contributed by atoms with Gasteiger partial charge in [-0.2, -0.15) is 0 Å². The quantitative estimate of drug-likeness (QED) is 0.869. The van der Waals surface area contributed by atoms with Crippen molar-refractivity contribution in [3.63, 3.8) is 0 Å². The van der Waals surface area contributed by atoms with E-state index in [1.54, 1.807) is 0 Å². The van der Waals surface area contributed by atoms with Crippen LogP contribution < -0.4 is 5.32 Å². The number of hydrogen-bond donors (Lipinski definition) is 1. The number of benzene rings is 1. The molecule has 138 valence electrons. The van der Waals surface area contributed by atoms with Gasteiger partial charge in [-0.25, -0.2) is 0 Å². The number of rotatable bonds is 5. The molecule has 4 unspecified atom stereocenters. The fourth-order valence-corrected chi connectivity index (χ4v) is 5.52. The molecule has 0 amide bonds. The summed E-state index contributed by atoms with van der Waals surface area (Å²) in [5, 5.41) is 8.17. The fourth-order valence-electron chi connectivity index (χ4n) is 5.52. The molecule has 3 heterocycles. The number of fused-ring (bicyclic) bond motifs is 1. The molecule has 26 heavy (non-hydrogen) atoms. The second kappa shape index (κ2) is 6.50. The Labute approximate surface area is 155 Å². The molecule has 2 saturated carbocycles. The lowest BCUT2D eigenvalue weighted by Gasteiger charge is -2.48. The first-order chi connectivity index (χ1) is 12.7. The van der Waals surface area contributed by atoms with Crippen LogP contribution in [0, 0.1) is 11.8 Å². The number of hydrogen-bond acceptors (Lipinski definition) is 4. The molecule has 4 aliphatic rings. The van der Waals surface area contributed by atoms with Crippen LogP contribution in [0.3, 0.4) is 0 Å². The fraction of sp³-hybridized carbons (Fsp3) is 0.591. The lowest BCUT2D eigenvalue weighted by Crippen LogP contribution is -2.54. The van der Waals surface area contributed by atoms with Crippen molar-refractivity contribution in [2.75, 3.05) is 6.61 Å². The third-order valence-electron chi connectivity index (χ3n) is 6.66. The summed E-state index contributed by atoms with van der Waals surface area (Å²) in [6.07, 6.45) is 7.85. The Morgan fingerprint density at radius 1 is 1.12 bits per heavy atom. The van der Waals surface area contributed by atoms with Crippen molar-refractivity contribution in [1.29, 1.82) is 0 Å². The van der Waals surface area contributed by atoms with Crippen LogP contribution >= 0.6 is 0 Å². The molecule has 6 rings (SSSR count). The summed E-state index contributed by atoms with van der Waals surface area (Å²) in [6.45, 7) is 3.92. The van der Waals surface area contributed by atoms with Gasteiger partial charge in [-0.1, -0.05) is 36.3 Å². The maximum absolute atomic E-state index is 6.11. The molecule has 1 aromatic carbocycles. The molecule has 1 aromatic heterocycles. The minimum atomic E-state index is 0.245. The first-order valence-electron chi connectivity index (χ1n) is 10.1. The monoisotopic (exact) mass is 352 g/mol. The lowest BCUT2D eigenvalue weighted by molar-refractivity contribution is 0.0152. The Bertz CT molecular complexity index is 751. The standard InChI is InChI=1S/C22H28N2O2/c1-2-15-3-5-18(6-4-15)21-9-19(24-26-21)13-23-22-10-16-7-17(11-22)14-25-20(8-16)12-22/h3-6,9,16-17,20,23H,2,7-8,10-14H2,1H3. The molecule has 0 spiro atoms. The molecule has 4 atom stereocenters. The van der Waals surface area contributed by atoms with Gasteiger partial charge < -0.3 is 14.6 Å². The normalized spacial score (nSPS) is 32.7. The van der Waals surface area contributed by atoms with Crippen molar-refractivity contribution in [3.05, 3.63) is 41.6 Å². The van der Waals surface area contributed by atoms with Gasteiger partial charge in [0.25, 0.3) is 0 Å². The van der Waals surface area contributed by atoms with E-state index in [-0.39, 0.29) is 5.54 Å². The molecule has 2 aliphatic carbocycles. The topological polar surface area (TPSA) is 47.3 Å². The highest BCUT2D eigenvalue weighted by atomic mass is 16.5. The summed E-state index contributed by atoms with van der Waals surface area (Å²) in [7, 11) is 0. The first kappa shape index (κ1) is 16.5. The Morgan fingerprint density at radius 2 is 1.96 bits per heavy atom. The molecule has 2 aliphatic heterocycles. The van der Waals surface area contributed by atoms with E-state index in [0.717, 1.165) is 54.8 Å². The minimum absolute atomic E-state index is 0.245. The van der Waals surface area contributed by atoms with E-state index in [2.05, 4.69) is 47.7 Å². The van der Waals surface area contributed by atoms with Crippen LogP contribution in [0.2, 0.25) is 0 Å². The molecule has 4 nitrogen and oxygen atoms in total. The van der Waals surface area contributed by atoms with Crippen LogP contribution in [-0.2, 0) is 17.7 Å². The molecule has 2 aromatic rings. The zero-order valence-electron chi connectivity index (χ0n) is 15.5. The smallest absolute Gasteiger partial charge is 0.167 e. The zero-order chi connectivity index (χ0) is 17.6. The van der Waals surface area contributed by atoms with E-state index in [1.165, 1.54) is 31.2 Å². The number of ether oxygens (including phenoxy) is 1. The SMILES string of the molecule is CCc1ccc(-c2cc(CNC34CC5COC(CC(C5)C3)C4)no2)cc1. The van der Waals surface area contributed by atoms with Crippen molar-refractivity contribution < 1.29 is 9.26 Å². The number of nitrogens with zero attached hydrogens (tertiary/aromatic N) is 1. The highest BCUT2D eigenvalue weighted by Crippen LogP contribution is 2.49. The summed E-state index contributed by atoms with van der Waals surface area (Å²) < 4.78 is 11.7. The van der Waals surface area contributed by atoms with E-state index in [9.17, 15) is 0 Å². The van der Waals surface area contributed by atoms with E-state index < -0.39 is 0 Å². The average molecular weight is 352 g/mol. The second-order valence-electron chi connectivity index (χ2n) is 8.64. The summed E-state index contributed by atoms with van der Waals surface area (Å²) in [4.78, 5) is 0. The Hall–Kier alpha value is -1.65. The van der Waals surface area contributed by atoms with Crippen molar-refractivity contribution in [1.82, 2.24) is 10.5 Å². The molecular weight excluding hydrogens is 324 g/mol. The van der Waals surface area contributed by atoms with Gasteiger partial charge in [0, 0.05) is 30.3 Å². The predicted molar refractivity (Wildman–Crippen MR) is 101 cm³/mol. The van der Waals surface area contributed by atoms with E-state index in [1.807, 2.05) is 0 Å². The third kappa shape index (κ3) is 3.10. The van der Waals surface area contributed by atoms with Crippen LogP contribution in [0.15, 0.2) is 34.9 Å². The van der Waals surface area contributed by atoms with Gasteiger partial charge in [-0.05, 0) is 55.9 Å². The Balaban J connectivity index is 1.28. The number of aromatic nitrogens is 1. The van der Waals surface area contributed by atoms with Crippen LogP contribution in [0.1, 0.15) is 50.3 Å². The lowest BCUT2D eigenvalue weighted by atomic mass is 9.63. The zero-order valence-corrected chi connectivity index (χ0v) is 15.5. The van der Waals surface area contributed by atoms with Crippen LogP contribution in [0.4, 0.5) is 0 Å². The summed E-state index contributed by atoms with van der Waals surface area (Å²) in [5.41, 5.74) is 3.68. The average Bonchev–Trinajstić information content (AvgIpc) is 3.03. The predicted octanol–water partition coefficient (Wildman–Crippen LogP) is 4.34. The molecule has 0 radical (unpaired) electrons. The maximum Gasteiger partial charge on any atom is 0.167 e. The van der Waals surface area contributed by atoms with E-state index in [0.29, 0.717) is 6.10 Å². The molecule has 4 bridgehead atoms. The van der Waals surface area contributed by atoms with Gasteiger partial charge in [-0.15, -0.1) is 0 Å². The van der Waals surface area contributed by atoms with E-state index >= 15 is 0 Å². The summed E-state index contributed by atoms with van der Waals surface area (Å²) in [6, 6.07) is 10.6. The molecular formula is C22H28N2O2. The first-order valence-corrected chi connectivity index (χ1v) is 10.1. The van der Waals surface area contributed by atoms with Gasteiger partial charge in [0.2, 0.25) is 0 Å². The largest absolute Gasteiger partial charge is 0.378 e. The second-order valence-corrected chi connectivity index (χ2v) is 8.64. The van der Waals surface area contributed by atoms with Crippen molar-refractivity contribution in [2.45, 2.75) is 63.6 Å². The minimum Gasteiger partial charge on any atom is -0.378 e. The van der Waals surface area contributed by atoms with Crippen molar-refractivity contribution in [2.24, 2.45) is 11.8 Å². The maximum atomic E-state index is 6.11. The Kier molecular flexibility index (Phi) is 4.13. The van der Waals surface area contributed by atoms with Crippen LogP contribution in [0.5, 0.6) is 0 Å². The van der Waals surface area contributed by atoms with Gasteiger partial charge in [0.05, 0.1) is 11.8 Å². The summed E-state index contributed by atoms with van der Waals surface area (Å²) >= 11 is 0. The molecule has 1 N–H and O–H groups in total. The Morgan fingerprint density at radius 3 is 2.81 bits per heavy atom. The highest BCUT2D eigenvalue weighted by Gasteiger charge is 2.48. The van der Waals surface area contributed by atoms with Gasteiger partial charge in [0.1, 0.15) is 0 Å². The van der Waals surface area contributed by atoms with Gasteiger partial charge >= 0.3 is 0 Å².